The molecule has 0 N–H and O–H groups in total. The maximum Gasteiger partial charge on any atom is 0.0870 e. The second-order valence-electron chi connectivity index (χ2n) is 5.36. The highest BCUT2D eigenvalue weighted by Gasteiger charge is 2.23. The standard InChI is InChI=1S/C12H18N4/c1-12(2,3)11-8-10-9-15(5-4-13)6-7-16(10)14-11/h8H,5-7,9H2,1-3H3. The molecule has 0 saturated heterocycles. The van der Waals surface area contributed by atoms with Crippen molar-refractivity contribution in [2.75, 3.05) is 13.1 Å². The maximum absolute atomic E-state index is 8.69. The summed E-state index contributed by atoms with van der Waals surface area (Å²) in [5.74, 6) is 0. The van der Waals surface area contributed by atoms with E-state index in [1.54, 1.807) is 0 Å². The van der Waals surface area contributed by atoms with Crippen LogP contribution < -0.4 is 0 Å². The molecule has 1 aromatic rings. The van der Waals surface area contributed by atoms with Crippen LogP contribution in [0.25, 0.3) is 0 Å². The number of aromatic nitrogens is 2. The first-order valence-electron chi connectivity index (χ1n) is 5.67. The molecule has 0 saturated carbocycles. The minimum absolute atomic E-state index is 0.102. The lowest BCUT2D eigenvalue weighted by Crippen LogP contribution is -2.34. The lowest BCUT2D eigenvalue weighted by Gasteiger charge is -2.24. The molecule has 0 amide bonds. The molecule has 0 spiro atoms. The van der Waals surface area contributed by atoms with Crippen LogP contribution in [0.15, 0.2) is 6.07 Å². The van der Waals surface area contributed by atoms with Gasteiger partial charge in [0.05, 0.1) is 30.5 Å². The Morgan fingerprint density at radius 3 is 2.81 bits per heavy atom. The number of hydrogen-bond acceptors (Lipinski definition) is 3. The van der Waals surface area contributed by atoms with Gasteiger partial charge in [0.15, 0.2) is 0 Å². The van der Waals surface area contributed by atoms with Gasteiger partial charge in [-0.2, -0.15) is 10.4 Å². The first kappa shape index (κ1) is 11.2. The van der Waals surface area contributed by atoms with E-state index in [2.05, 4.69) is 47.6 Å². The summed E-state index contributed by atoms with van der Waals surface area (Å²) in [7, 11) is 0. The van der Waals surface area contributed by atoms with Crippen molar-refractivity contribution in [1.29, 1.82) is 5.26 Å². The highest BCUT2D eigenvalue weighted by molar-refractivity contribution is 5.18. The second-order valence-corrected chi connectivity index (χ2v) is 5.36. The largest absolute Gasteiger partial charge is 0.283 e. The van der Waals surface area contributed by atoms with Crippen LogP contribution in [0.3, 0.4) is 0 Å². The van der Waals surface area contributed by atoms with Gasteiger partial charge in [-0.15, -0.1) is 0 Å². The predicted octanol–water partition coefficient (Wildman–Crippen LogP) is 1.52. The van der Waals surface area contributed by atoms with Crippen LogP contribution in [0.1, 0.15) is 32.2 Å². The van der Waals surface area contributed by atoms with Gasteiger partial charge in [0.1, 0.15) is 0 Å². The molecule has 16 heavy (non-hydrogen) atoms. The molecule has 1 aromatic heterocycles. The maximum atomic E-state index is 8.69. The summed E-state index contributed by atoms with van der Waals surface area (Å²) < 4.78 is 2.08. The van der Waals surface area contributed by atoms with Crippen LogP contribution in [0.2, 0.25) is 0 Å². The van der Waals surface area contributed by atoms with E-state index in [1.165, 1.54) is 5.69 Å². The number of hydrogen-bond donors (Lipinski definition) is 0. The van der Waals surface area contributed by atoms with Gasteiger partial charge in [-0.1, -0.05) is 20.8 Å². The Kier molecular flexibility index (Phi) is 2.73. The Labute approximate surface area is 96.5 Å². The molecule has 0 aliphatic carbocycles. The third-order valence-electron chi connectivity index (χ3n) is 2.94. The molecule has 2 rings (SSSR count). The van der Waals surface area contributed by atoms with Crippen molar-refractivity contribution in [3.05, 3.63) is 17.5 Å². The Bertz CT molecular complexity index is 419. The Morgan fingerprint density at radius 2 is 2.19 bits per heavy atom. The highest BCUT2D eigenvalue weighted by atomic mass is 15.3. The molecule has 0 radical (unpaired) electrons. The van der Waals surface area contributed by atoms with Crippen molar-refractivity contribution in [1.82, 2.24) is 14.7 Å². The lowest BCUT2D eigenvalue weighted by atomic mass is 9.92. The molecule has 4 heteroatoms. The lowest BCUT2D eigenvalue weighted by molar-refractivity contribution is 0.236. The fraction of sp³-hybridized carbons (Fsp3) is 0.667. The fourth-order valence-electron chi connectivity index (χ4n) is 1.92. The molecular formula is C12H18N4. The monoisotopic (exact) mass is 218 g/mol. The van der Waals surface area contributed by atoms with E-state index in [4.69, 9.17) is 5.26 Å². The van der Waals surface area contributed by atoms with Crippen LogP contribution in [0.4, 0.5) is 0 Å². The van der Waals surface area contributed by atoms with Crippen molar-refractivity contribution >= 4 is 0 Å². The molecule has 0 aromatic carbocycles. The highest BCUT2D eigenvalue weighted by Crippen LogP contribution is 2.23. The average Bonchev–Trinajstić information content (AvgIpc) is 2.60. The zero-order valence-corrected chi connectivity index (χ0v) is 10.2. The smallest absolute Gasteiger partial charge is 0.0870 e. The van der Waals surface area contributed by atoms with Gasteiger partial charge in [-0.05, 0) is 6.07 Å². The van der Waals surface area contributed by atoms with E-state index < -0.39 is 0 Å². The van der Waals surface area contributed by atoms with Crippen molar-refractivity contribution in [3.8, 4) is 6.07 Å². The Hall–Kier alpha value is -1.34. The zero-order chi connectivity index (χ0) is 11.8. The summed E-state index contributed by atoms with van der Waals surface area (Å²) >= 11 is 0. The van der Waals surface area contributed by atoms with Crippen LogP contribution in [0, 0.1) is 11.3 Å². The Morgan fingerprint density at radius 1 is 1.44 bits per heavy atom. The van der Waals surface area contributed by atoms with Crippen molar-refractivity contribution in [2.24, 2.45) is 0 Å². The van der Waals surface area contributed by atoms with E-state index in [0.29, 0.717) is 6.54 Å². The van der Waals surface area contributed by atoms with Crippen LogP contribution in [-0.2, 0) is 18.5 Å². The second kappa shape index (κ2) is 3.91. The zero-order valence-electron chi connectivity index (χ0n) is 10.2. The molecule has 2 heterocycles. The number of nitriles is 1. The van der Waals surface area contributed by atoms with Gasteiger partial charge in [-0.25, -0.2) is 0 Å². The van der Waals surface area contributed by atoms with Gasteiger partial charge in [0.25, 0.3) is 0 Å². The summed E-state index contributed by atoms with van der Waals surface area (Å²) in [4.78, 5) is 2.16. The van der Waals surface area contributed by atoms with Crippen LogP contribution in [0.5, 0.6) is 0 Å². The Balaban J connectivity index is 2.21. The first-order chi connectivity index (χ1) is 7.50. The molecule has 4 nitrogen and oxygen atoms in total. The number of fused-ring (bicyclic) bond motifs is 1. The van der Waals surface area contributed by atoms with E-state index in [9.17, 15) is 0 Å². The summed E-state index contributed by atoms with van der Waals surface area (Å²) in [6, 6.07) is 4.37. The average molecular weight is 218 g/mol. The fourth-order valence-corrected chi connectivity index (χ4v) is 1.92. The summed E-state index contributed by atoms with van der Waals surface area (Å²) in [6.45, 7) is 9.70. The normalized spacial score (nSPS) is 16.9. The van der Waals surface area contributed by atoms with Crippen molar-refractivity contribution < 1.29 is 0 Å². The van der Waals surface area contributed by atoms with E-state index in [-0.39, 0.29) is 5.41 Å². The third-order valence-corrected chi connectivity index (χ3v) is 2.94. The van der Waals surface area contributed by atoms with E-state index in [0.717, 1.165) is 25.3 Å². The molecule has 0 bridgehead atoms. The molecule has 0 fully saturated rings. The minimum Gasteiger partial charge on any atom is -0.283 e. The summed E-state index contributed by atoms with van der Waals surface area (Å²) in [5, 5.41) is 13.3. The summed E-state index contributed by atoms with van der Waals surface area (Å²) in [5.41, 5.74) is 2.47. The predicted molar refractivity (Wildman–Crippen MR) is 61.8 cm³/mol. The SMILES string of the molecule is CC(C)(C)c1cc2n(n1)CCN(CC#N)C2. The molecule has 0 unspecified atom stereocenters. The van der Waals surface area contributed by atoms with Gasteiger partial charge in [-0.3, -0.25) is 9.58 Å². The number of nitrogens with zero attached hydrogens (tertiary/aromatic N) is 4. The quantitative estimate of drug-likeness (QED) is 0.671. The number of rotatable bonds is 1. The van der Waals surface area contributed by atoms with Gasteiger partial charge in [0.2, 0.25) is 0 Å². The van der Waals surface area contributed by atoms with Crippen molar-refractivity contribution in [3.63, 3.8) is 0 Å². The molecule has 0 atom stereocenters. The van der Waals surface area contributed by atoms with Gasteiger partial charge in [0, 0.05) is 18.5 Å². The summed E-state index contributed by atoms with van der Waals surface area (Å²) in [6.07, 6.45) is 0. The van der Waals surface area contributed by atoms with Gasteiger partial charge < -0.3 is 0 Å². The first-order valence-corrected chi connectivity index (χ1v) is 5.67. The van der Waals surface area contributed by atoms with E-state index in [1.807, 2.05) is 0 Å². The van der Waals surface area contributed by atoms with Gasteiger partial charge >= 0.3 is 0 Å². The van der Waals surface area contributed by atoms with Crippen molar-refractivity contribution in [2.45, 2.75) is 39.3 Å². The van der Waals surface area contributed by atoms with Crippen LogP contribution >= 0.6 is 0 Å². The van der Waals surface area contributed by atoms with E-state index >= 15 is 0 Å². The minimum atomic E-state index is 0.102. The van der Waals surface area contributed by atoms with Crippen LogP contribution in [-0.4, -0.2) is 27.8 Å². The third kappa shape index (κ3) is 2.10. The topological polar surface area (TPSA) is 44.9 Å². The molecule has 86 valence electrons. The molecular weight excluding hydrogens is 200 g/mol. The molecule has 1 aliphatic rings. The molecule has 1 aliphatic heterocycles.